The Bertz CT molecular complexity index is 891. The van der Waals surface area contributed by atoms with Gasteiger partial charge in [-0.15, -0.1) is 0 Å². The molecule has 0 fully saturated rings. The van der Waals surface area contributed by atoms with Gasteiger partial charge in [0.1, 0.15) is 11.6 Å². The van der Waals surface area contributed by atoms with Crippen molar-refractivity contribution in [3.63, 3.8) is 0 Å². The molecule has 3 rings (SSSR count). The number of halogens is 1. The van der Waals surface area contributed by atoms with Crippen LogP contribution in [0.4, 0.5) is 15.8 Å². The van der Waals surface area contributed by atoms with Gasteiger partial charge in [-0.3, -0.25) is 9.78 Å². The maximum absolute atomic E-state index is 13.5. The summed E-state index contributed by atoms with van der Waals surface area (Å²) in [6, 6.07) is 9.66. The Balaban J connectivity index is 2.00. The summed E-state index contributed by atoms with van der Waals surface area (Å²) in [6.07, 6.45) is 3.29. The number of nitrogen functional groups attached to an aromatic ring is 1. The van der Waals surface area contributed by atoms with Gasteiger partial charge in [0.25, 0.3) is 5.91 Å². The van der Waals surface area contributed by atoms with Crippen molar-refractivity contribution in [3.8, 4) is 5.75 Å². The standard InChI is InChI=1S/C17H14FN3O2/c1-23-16-7-13(18)14(19)8-15(16)21-17(22)11-4-2-3-10-5-6-20-9-12(10)11/h2-9H,19H2,1H3,(H,21,22). The van der Waals surface area contributed by atoms with E-state index in [1.807, 2.05) is 12.1 Å². The molecule has 0 bridgehead atoms. The lowest BCUT2D eigenvalue weighted by Crippen LogP contribution is -2.13. The number of hydrogen-bond acceptors (Lipinski definition) is 4. The van der Waals surface area contributed by atoms with Gasteiger partial charge in [0.05, 0.1) is 18.5 Å². The molecule has 3 N–H and O–H groups in total. The summed E-state index contributed by atoms with van der Waals surface area (Å²) in [5.41, 5.74) is 6.25. The summed E-state index contributed by atoms with van der Waals surface area (Å²) in [5, 5.41) is 4.32. The highest BCUT2D eigenvalue weighted by molar-refractivity contribution is 6.13. The fraction of sp³-hybridized carbons (Fsp3) is 0.0588. The second-order valence-corrected chi connectivity index (χ2v) is 4.93. The molecule has 1 amide bonds. The van der Waals surface area contributed by atoms with Gasteiger partial charge in [0.2, 0.25) is 0 Å². The van der Waals surface area contributed by atoms with Crippen molar-refractivity contribution >= 4 is 28.1 Å². The van der Waals surface area contributed by atoms with Gasteiger partial charge in [-0.05, 0) is 23.6 Å². The van der Waals surface area contributed by atoms with Crippen LogP contribution in [0.2, 0.25) is 0 Å². The minimum atomic E-state index is -0.603. The van der Waals surface area contributed by atoms with Gasteiger partial charge in [0.15, 0.2) is 0 Å². The van der Waals surface area contributed by atoms with Crippen LogP contribution in [0.5, 0.6) is 5.75 Å². The van der Waals surface area contributed by atoms with Crippen molar-refractivity contribution in [1.29, 1.82) is 0 Å². The van der Waals surface area contributed by atoms with Crippen molar-refractivity contribution in [2.45, 2.75) is 0 Å². The Morgan fingerprint density at radius 2 is 2.13 bits per heavy atom. The molecule has 0 unspecified atom stereocenters. The number of pyridine rings is 1. The zero-order valence-electron chi connectivity index (χ0n) is 12.3. The fourth-order valence-electron chi connectivity index (χ4n) is 2.34. The third-order valence-corrected chi connectivity index (χ3v) is 3.50. The first kappa shape index (κ1) is 14.8. The SMILES string of the molecule is COc1cc(F)c(N)cc1NC(=O)c1cccc2ccncc12. The highest BCUT2D eigenvalue weighted by Gasteiger charge is 2.14. The molecule has 0 saturated heterocycles. The average molecular weight is 311 g/mol. The van der Waals surface area contributed by atoms with Crippen LogP contribution in [0.3, 0.4) is 0 Å². The van der Waals surface area contributed by atoms with E-state index >= 15 is 0 Å². The van der Waals surface area contributed by atoms with Crippen molar-refractivity contribution in [1.82, 2.24) is 4.98 Å². The van der Waals surface area contributed by atoms with E-state index in [-0.39, 0.29) is 17.3 Å². The van der Waals surface area contributed by atoms with E-state index in [0.29, 0.717) is 11.3 Å². The van der Waals surface area contributed by atoms with Gasteiger partial charge in [-0.2, -0.15) is 0 Å². The van der Waals surface area contributed by atoms with Crippen LogP contribution in [0.1, 0.15) is 10.4 Å². The van der Waals surface area contributed by atoms with Crippen LogP contribution in [-0.2, 0) is 0 Å². The number of nitrogens with one attached hydrogen (secondary N) is 1. The van der Waals surface area contributed by atoms with Gasteiger partial charge in [0, 0.05) is 29.4 Å². The molecule has 23 heavy (non-hydrogen) atoms. The molecule has 0 spiro atoms. The smallest absolute Gasteiger partial charge is 0.256 e. The Morgan fingerprint density at radius 1 is 1.30 bits per heavy atom. The minimum Gasteiger partial charge on any atom is -0.494 e. The summed E-state index contributed by atoms with van der Waals surface area (Å²) in [7, 11) is 1.39. The number of carbonyl (C=O) groups excluding carboxylic acids is 1. The molecule has 0 aliphatic heterocycles. The van der Waals surface area contributed by atoms with E-state index in [1.54, 1.807) is 24.5 Å². The molecule has 0 aliphatic rings. The molecule has 116 valence electrons. The number of methoxy groups -OCH3 is 1. The monoisotopic (exact) mass is 311 g/mol. The van der Waals surface area contributed by atoms with Crippen molar-refractivity contribution < 1.29 is 13.9 Å². The van der Waals surface area contributed by atoms with E-state index in [9.17, 15) is 9.18 Å². The van der Waals surface area contributed by atoms with Crippen LogP contribution in [0, 0.1) is 5.82 Å². The normalized spacial score (nSPS) is 10.5. The van der Waals surface area contributed by atoms with Crippen molar-refractivity contribution in [3.05, 3.63) is 60.2 Å². The van der Waals surface area contributed by atoms with Crippen molar-refractivity contribution in [2.75, 3.05) is 18.2 Å². The van der Waals surface area contributed by atoms with Gasteiger partial charge in [-0.1, -0.05) is 12.1 Å². The number of aromatic nitrogens is 1. The number of ether oxygens (including phenoxy) is 1. The lowest BCUT2D eigenvalue weighted by Gasteiger charge is -2.12. The quantitative estimate of drug-likeness (QED) is 0.728. The summed E-state index contributed by atoms with van der Waals surface area (Å²) < 4.78 is 18.6. The Kier molecular flexibility index (Phi) is 3.80. The predicted molar refractivity (Wildman–Crippen MR) is 87.1 cm³/mol. The third kappa shape index (κ3) is 2.78. The molecule has 0 aliphatic carbocycles. The summed E-state index contributed by atoms with van der Waals surface area (Å²) in [6.45, 7) is 0. The maximum atomic E-state index is 13.5. The molecule has 1 aromatic heterocycles. The number of benzene rings is 2. The molecule has 5 nitrogen and oxygen atoms in total. The Labute approximate surface area is 131 Å². The van der Waals surface area contributed by atoms with E-state index in [1.165, 1.54) is 13.2 Å². The van der Waals surface area contributed by atoms with Crippen LogP contribution >= 0.6 is 0 Å². The molecule has 0 saturated carbocycles. The summed E-state index contributed by atoms with van der Waals surface area (Å²) in [5.74, 6) is -0.759. The van der Waals surface area contributed by atoms with Gasteiger partial charge < -0.3 is 15.8 Å². The topological polar surface area (TPSA) is 77.2 Å². The largest absolute Gasteiger partial charge is 0.494 e. The van der Waals surface area contributed by atoms with Crippen LogP contribution < -0.4 is 15.8 Å². The summed E-state index contributed by atoms with van der Waals surface area (Å²) in [4.78, 5) is 16.6. The van der Waals surface area contributed by atoms with Crippen molar-refractivity contribution in [2.24, 2.45) is 0 Å². The Morgan fingerprint density at radius 3 is 2.91 bits per heavy atom. The highest BCUT2D eigenvalue weighted by Crippen LogP contribution is 2.30. The molecule has 2 aromatic carbocycles. The first-order valence-corrected chi connectivity index (χ1v) is 6.87. The zero-order valence-corrected chi connectivity index (χ0v) is 12.3. The second-order valence-electron chi connectivity index (χ2n) is 4.93. The van der Waals surface area contributed by atoms with Crippen LogP contribution in [0.25, 0.3) is 10.8 Å². The molecular formula is C17H14FN3O2. The lowest BCUT2D eigenvalue weighted by molar-refractivity contribution is 0.102. The number of amides is 1. The first-order chi connectivity index (χ1) is 11.1. The molecule has 6 heteroatoms. The number of rotatable bonds is 3. The number of nitrogens with two attached hydrogens (primary N) is 1. The van der Waals surface area contributed by atoms with Gasteiger partial charge >= 0.3 is 0 Å². The summed E-state index contributed by atoms with van der Waals surface area (Å²) >= 11 is 0. The predicted octanol–water partition coefficient (Wildman–Crippen LogP) is 3.22. The third-order valence-electron chi connectivity index (χ3n) is 3.50. The number of carbonyl (C=O) groups is 1. The van der Waals surface area contributed by atoms with E-state index < -0.39 is 5.82 Å². The van der Waals surface area contributed by atoms with E-state index in [0.717, 1.165) is 16.8 Å². The molecule has 1 heterocycles. The number of nitrogens with zero attached hydrogens (tertiary/aromatic N) is 1. The number of fused-ring (bicyclic) bond motifs is 1. The lowest BCUT2D eigenvalue weighted by atomic mass is 10.1. The zero-order chi connectivity index (χ0) is 16.4. The number of anilines is 2. The molecular weight excluding hydrogens is 297 g/mol. The fourth-order valence-corrected chi connectivity index (χ4v) is 2.34. The first-order valence-electron chi connectivity index (χ1n) is 6.87. The van der Waals surface area contributed by atoms with Gasteiger partial charge in [-0.25, -0.2) is 4.39 Å². The number of hydrogen-bond donors (Lipinski definition) is 2. The molecule has 3 aromatic rings. The molecule has 0 atom stereocenters. The molecule has 0 radical (unpaired) electrons. The highest BCUT2D eigenvalue weighted by atomic mass is 19.1. The average Bonchev–Trinajstić information content (AvgIpc) is 2.57. The second kappa shape index (κ2) is 5.92. The Hall–Kier alpha value is -3.15. The minimum absolute atomic E-state index is 0.0688. The van der Waals surface area contributed by atoms with Crippen LogP contribution in [0.15, 0.2) is 48.8 Å². The van der Waals surface area contributed by atoms with E-state index in [2.05, 4.69) is 10.3 Å². The van der Waals surface area contributed by atoms with E-state index in [4.69, 9.17) is 10.5 Å². The maximum Gasteiger partial charge on any atom is 0.256 e. The van der Waals surface area contributed by atoms with Crippen LogP contribution in [-0.4, -0.2) is 18.0 Å².